The fourth-order valence-corrected chi connectivity index (χ4v) is 1.15. The van der Waals surface area contributed by atoms with Crippen molar-refractivity contribution in [3.05, 3.63) is 35.9 Å². The summed E-state index contributed by atoms with van der Waals surface area (Å²) in [5, 5.41) is 0. The molecule has 0 spiro atoms. The van der Waals surface area contributed by atoms with Crippen LogP contribution in [0.15, 0.2) is 30.3 Å². The summed E-state index contributed by atoms with van der Waals surface area (Å²) in [6.07, 6.45) is 0. The summed E-state index contributed by atoms with van der Waals surface area (Å²) < 4.78 is 2.67. The summed E-state index contributed by atoms with van der Waals surface area (Å²) in [6.45, 7) is 0. The van der Waals surface area contributed by atoms with Crippen LogP contribution in [0.3, 0.4) is 0 Å². The van der Waals surface area contributed by atoms with Gasteiger partial charge in [0, 0.05) is 0 Å². The van der Waals surface area contributed by atoms with Crippen molar-refractivity contribution in [3.63, 3.8) is 0 Å². The second-order valence-electron chi connectivity index (χ2n) is 1.84. The van der Waals surface area contributed by atoms with Gasteiger partial charge in [-0.3, -0.25) is 0 Å². The van der Waals surface area contributed by atoms with E-state index in [1.165, 1.54) is 0 Å². The molecule has 0 aliphatic heterocycles. The molecule has 0 aliphatic rings. The topological polar surface area (TPSA) is 29.1 Å². The van der Waals surface area contributed by atoms with Crippen LogP contribution in [0.2, 0.25) is 0 Å². The number of carbonyl (C=O) groups excluding carboxylic acids is 1. The van der Waals surface area contributed by atoms with Crippen molar-refractivity contribution < 1.29 is 4.79 Å². The molecule has 3 heteroatoms. The number of nitrogens with one attached hydrogen (secondary N) is 1. The maximum atomic E-state index is 10.9. The predicted molar refractivity (Wildman–Crippen MR) is 41.1 cm³/mol. The third kappa shape index (κ3) is 1.73. The zero-order valence-corrected chi connectivity index (χ0v) is 8.67. The fourth-order valence-electron chi connectivity index (χ4n) is 0.673. The molecule has 1 rings (SSSR count). The average molecular weight is 240 g/mol. The van der Waals surface area contributed by atoms with E-state index in [2.05, 4.69) is 3.54 Å². The molecule has 0 aliphatic carbocycles. The van der Waals surface area contributed by atoms with Crippen LogP contribution in [0.5, 0.6) is 0 Å². The van der Waals surface area contributed by atoms with Crippen molar-refractivity contribution in [2.45, 2.75) is 0 Å². The Morgan fingerprint density at radius 3 is 2.40 bits per heavy atom. The Bertz CT molecular complexity index is 222. The number of rotatable bonds is 1. The third-order valence-electron chi connectivity index (χ3n) is 1.17. The third-order valence-corrected chi connectivity index (χ3v) is 1.92. The normalized spacial score (nSPS) is 8.90. The van der Waals surface area contributed by atoms with Crippen LogP contribution in [0.1, 0.15) is 10.4 Å². The summed E-state index contributed by atoms with van der Waals surface area (Å²) in [5.41, 5.74) is 0.732. The second-order valence-corrected chi connectivity index (χ2v) is 2.66. The van der Waals surface area contributed by atoms with E-state index in [0.29, 0.717) is 0 Å². The van der Waals surface area contributed by atoms with Gasteiger partial charge in [0.15, 0.2) is 0 Å². The van der Waals surface area contributed by atoms with Gasteiger partial charge in [0.2, 0.25) is 0 Å². The van der Waals surface area contributed by atoms with E-state index >= 15 is 0 Å². The number of carbonyl (C=O) groups is 1. The molecule has 1 aromatic rings. The van der Waals surface area contributed by atoms with Gasteiger partial charge in [0.1, 0.15) is 0 Å². The van der Waals surface area contributed by atoms with Crippen LogP contribution in [-0.4, -0.2) is 28.7 Å². The average Bonchev–Trinajstić information content (AvgIpc) is 2.05. The molecule has 1 amide bonds. The van der Waals surface area contributed by atoms with Crippen LogP contribution >= 0.6 is 0 Å². The molecular weight excluding hydrogens is 233 g/mol. The Labute approximate surface area is 73.1 Å². The van der Waals surface area contributed by atoms with Crippen molar-refractivity contribution in [1.82, 2.24) is 3.54 Å². The first kappa shape index (κ1) is 7.59. The van der Waals surface area contributed by atoms with E-state index in [1.807, 2.05) is 18.2 Å². The van der Waals surface area contributed by atoms with Crippen LogP contribution in [0, 0.1) is 0 Å². The molecule has 0 unspecified atom stereocenters. The monoisotopic (exact) mass is 241 g/mol. The molecule has 1 N–H and O–H groups in total. The van der Waals surface area contributed by atoms with Crippen LogP contribution in [0.25, 0.3) is 0 Å². The Morgan fingerprint density at radius 2 is 1.90 bits per heavy atom. The van der Waals surface area contributed by atoms with Gasteiger partial charge in [-0.15, -0.1) is 0 Å². The first-order valence-electron chi connectivity index (χ1n) is 2.90. The van der Waals surface area contributed by atoms with E-state index in [9.17, 15) is 4.79 Å². The molecule has 50 valence electrons. The number of hydrogen-bond acceptors (Lipinski definition) is 1. The maximum absolute atomic E-state index is 10.9. The van der Waals surface area contributed by atoms with Crippen molar-refractivity contribution in [1.29, 1.82) is 0 Å². The van der Waals surface area contributed by atoms with Gasteiger partial charge in [-0.2, -0.15) is 0 Å². The van der Waals surface area contributed by atoms with Gasteiger partial charge < -0.3 is 0 Å². The van der Waals surface area contributed by atoms with Crippen LogP contribution in [0.4, 0.5) is 0 Å². The van der Waals surface area contributed by atoms with Crippen molar-refractivity contribution in [2.75, 3.05) is 0 Å². The van der Waals surface area contributed by atoms with E-state index in [4.69, 9.17) is 0 Å². The Balaban J connectivity index is 2.85. The van der Waals surface area contributed by atoms with Gasteiger partial charge in [-0.1, -0.05) is 0 Å². The summed E-state index contributed by atoms with van der Waals surface area (Å²) in [7, 11) is 0. The Hall–Kier alpha value is -0.511. The molecule has 2 nitrogen and oxygen atoms in total. The standard InChI is InChI=1S/C7H7NO.Sn.H/c8-7(9)6-4-2-1-3-5-6;;/h1-5H,(H2,8,9);;/q;+1;/p-1. The van der Waals surface area contributed by atoms with E-state index < -0.39 is 0 Å². The molecule has 0 heterocycles. The fraction of sp³-hybridized carbons (Fsp3) is 0. The molecule has 0 saturated heterocycles. The number of amides is 1. The number of hydrogen-bond donors (Lipinski definition) is 1. The minimum absolute atomic E-state index is 0.0167. The molecule has 0 aromatic heterocycles. The van der Waals surface area contributed by atoms with Crippen molar-refractivity contribution >= 4 is 28.7 Å². The van der Waals surface area contributed by atoms with E-state index in [0.717, 1.165) is 28.4 Å². The van der Waals surface area contributed by atoms with Gasteiger partial charge in [0.05, 0.1) is 0 Å². The van der Waals surface area contributed by atoms with Crippen LogP contribution < -0.4 is 3.54 Å². The second kappa shape index (κ2) is 3.61. The molecular formula is C7H7NOSn. The molecule has 0 saturated carbocycles. The zero-order chi connectivity index (χ0) is 7.40. The molecule has 1 aromatic carbocycles. The van der Waals surface area contributed by atoms with Gasteiger partial charge in [-0.25, -0.2) is 0 Å². The summed E-state index contributed by atoms with van der Waals surface area (Å²) in [6, 6.07) is 9.19. The quantitative estimate of drug-likeness (QED) is 0.699. The SMILES string of the molecule is O=C([NH][SnH])c1ccccc1. The Kier molecular flexibility index (Phi) is 2.74. The first-order chi connectivity index (χ1) is 4.84. The molecule has 0 fully saturated rings. The summed E-state index contributed by atoms with van der Waals surface area (Å²) in [4.78, 5) is 10.9. The zero-order valence-electron chi connectivity index (χ0n) is 5.37. The minimum atomic E-state index is 0.0167. The van der Waals surface area contributed by atoms with Gasteiger partial charge >= 0.3 is 72.9 Å². The van der Waals surface area contributed by atoms with E-state index in [-0.39, 0.29) is 5.91 Å². The first-order valence-corrected chi connectivity index (χ1v) is 4.55. The molecule has 10 heavy (non-hydrogen) atoms. The van der Waals surface area contributed by atoms with Gasteiger partial charge in [0.25, 0.3) is 0 Å². The Morgan fingerprint density at radius 1 is 1.30 bits per heavy atom. The summed E-state index contributed by atoms with van der Waals surface area (Å²) in [5.74, 6) is 0.0167. The number of benzene rings is 1. The van der Waals surface area contributed by atoms with Gasteiger partial charge in [-0.05, 0) is 0 Å². The summed E-state index contributed by atoms with van der Waals surface area (Å²) >= 11 is 0.766. The molecule has 2 radical (unpaired) electrons. The molecule has 0 atom stereocenters. The predicted octanol–water partition coefficient (Wildman–Crippen LogP) is 0.232. The van der Waals surface area contributed by atoms with Crippen molar-refractivity contribution in [2.24, 2.45) is 0 Å². The van der Waals surface area contributed by atoms with Crippen LogP contribution in [-0.2, 0) is 0 Å². The van der Waals surface area contributed by atoms with E-state index in [1.54, 1.807) is 12.1 Å². The van der Waals surface area contributed by atoms with Crippen molar-refractivity contribution in [3.8, 4) is 0 Å². The molecule has 0 bridgehead atoms.